The van der Waals surface area contributed by atoms with Crippen molar-refractivity contribution in [2.75, 3.05) is 0 Å². The van der Waals surface area contributed by atoms with Crippen molar-refractivity contribution in [2.24, 2.45) is 0 Å². The zero-order valence-corrected chi connectivity index (χ0v) is 37.5. The number of Topliss-reactive ketones (excluding diaryl/α,β-unsaturated/α-hetero) is 6. The molecule has 0 unspecified atom stereocenters. The molecule has 12 nitrogen and oxygen atoms in total. The fourth-order valence-corrected chi connectivity index (χ4v) is 4.54. The van der Waals surface area contributed by atoms with Gasteiger partial charge in [0, 0.05) is 33.4 Å². The molecule has 6 aromatic carbocycles. The van der Waals surface area contributed by atoms with Gasteiger partial charge in [-0.1, -0.05) is 180 Å². The van der Waals surface area contributed by atoms with Crippen molar-refractivity contribution in [3.8, 4) is 34.5 Å². The SMILES string of the molecule is CC(=O)c1ccccc1[O-].CC(=O)c1ccccc1[O-].CC(=O)c1ccccc1[O-].CC(=O)c1ccccc1[O-].CC(=O)c1ccccc1[O-].CC(=O)c1ccccc1[O-].[Cu+2].[Cu+2].[Cu+2]. The van der Waals surface area contributed by atoms with Gasteiger partial charge in [0.2, 0.25) is 0 Å². The summed E-state index contributed by atoms with van der Waals surface area (Å²) in [7, 11) is 0. The van der Waals surface area contributed by atoms with E-state index in [1.165, 1.54) is 114 Å². The summed E-state index contributed by atoms with van der Waals surface area (Å²) in [5.41, 5.74) is 1.60. The van der Waals surface area contributed by atoms with Crippen molar-refractivity contribution in [3.05, 3.63) is 179 Å². The Balaban J connectivity index is -0.000000679. The Morgan fingerprint density at radius 3 is 0.397 bits per heavy atom. The first-order chi connectivity index (χ1) is 28.3. The van der Waals surface area contributed by atoms with Crippen LogP contribution in [0, 0.1) is 0 Å². The molecule has 0 saturated heterocycles. The van der Waals surface area contributed by atoms with E-state index in [2.05, 4.69) is 0 Å². The van der Waals surface area contributed by atoms with E-state index in [9.17, 15) is 59.4 Å². The van der Waals surface area contributed by atoms with E-state index < -0.39 is 0 Å². The number of carbonyl (C=O) groups is 6. The molecule has 0 N–H and O–H groups in total. The van der Waals surface area contributed by atoms with Crippen molar-refractivity contribution in [1.82, 2.24) is 0 Å². The summed E-state index contributed by atoms with van der Waals surface area (Å²) in [6.45, 7) is 8.31. The van der Waals surface area contributed by atoms with Crippen LogP contribution in [0.3, 0.4) is 0 Å². The molecule has 0 spiro atoms. The standard InChI is InChI=1S/6C8H8O2.3Cu/c6*1-6(9)7-4-2-3-5-8(7)10;;;/h6*2-5,10H,1H3;;;/q;;;;;;3*+2/p-6. The molecule has 0 aromatic heterocycles. The average Bonchev–Trinajstić information content (AvgIpc) is 3.19. The second-order valence-corrected chi connectivity index (χ2v) is 12.3. The molecule has 0 aliphatic carbocycles. The summed E-state index contributed by atoms with van der Waals surface area (Å²) in [5.74, 6) is -2.25. The van der Waals surface area contributed by atoms with Crippen LogP contribution < -0.4 is 30.6 Å². The summed E-state index contributed by atoms with van der Waals surface area (Å²) >= 11 is 0. The minimum absolute atomic E-state index is 0. The van der Waals surface area contributed by atoms with Crippen LogP contribution in [0.2, 0.25) is 0 Å². The van der Waals surface area contributed by atoms with E-state index in [1.807, 2.05) is 0 Å². The Labute approximate surface area is 398 Å². The molecule has 0 aliphatic rings. The zero-order chi connectivity index (χ0) is 45.4. The summed E-state index contributed by atoms with van der Waals surface area (Å²) in [6.07, 6.45) is 0. The molecule has 339 valence electrons. The Morgan fingerprint density at radius 2 is 0.333 bits per heavy atom. The molecule has 0 aliphatic heterocycles. The van der Waals surface area contributed by atoms with Gasteiger partial charge in [-0.05, 0) is 41.5 Å². The molecule has 3 radical (unpaired) electrons. The summed E-state index contributed by atoms with van der Waals surface area (Å²) in [4.78, 5) is 64.0. The maximum absolute atomic E-state index is 10.8. The molecule has 6 rings (SSSR count). The number of carbonyl (C=O) groups excluding carboxylic acids is 6. The average molecular weight is 1000 g/mol. The van der Waals surface area contributed by atoms with Gasteiger partial charge >= 0.3 is 51.2 Å². The van der Waals surface area contributed by atoms with Crippen LogP contribution in [-0.4, -0.2) is 34.7 Å². The Morgan fingerprint density at radius 1 is 0.238 bits per heavy atom. The molecule has 0 amide bonds. The predicted octanol–water partition coefficient (Wildman–Crippen LogP) is 5.77. The minimum Gasteiger partial charge on any atom is -0.872 e. The van der Waals surface area contributed by atoms with E-state index in [-0.39, 0.29) is 154 Å². The van der Waals surface area contributed by atoms with Crippen molar-refractivity contribution < 1.29 is 111 Å². The van der Waals surface area contributed by atoms with Crippen molar-refractivity contribution >= 4 is 34.7 Å². The molecule has 0 saturated carbocycles. The van der Waals surface area contributed by atoms with Crippen LogP contribution in [0.25, 0.3) is 0 Å². The monoisotopic (exact) mass is 999 g/mol. The number of rotatable bonds is 6. The normalized spacial score (nSPS) is 8.86. The van der Waals surface area contributed by atoms with E-state index in [0.717, 1.165) is 0 Å². The zero-order valence-electron chi connectivity index (χ0n) is 34.7. The van der Waals surface area contributed by atoms with Gasteiger partial charge in [0.25, 0.3) is 0 Å². The fourth-order valence-electron chi connectivity index (χ4n) is 4.54. The maximum Gasteiger partial charge on any atom is 2.00 e. The van der Waals surface area contributed by atoms with Crippen molar-refractivity contribution in [2.45, 2.75) is 41.5 Å². The van der Waals surface area contributed by atoms with Gasteiger partial charge in [-0.2, -0.15) is 0 Å². The molecule has 0 heterocycles. The smallest absolute Gasteiger partial charge is 0.872 e. The first kappa shape index (κ1) is 61.0. The van der Waals surface area contributed by atoms with Crippen LogP contribution >= 0.6 is 0 Å². The molecule has 0 atom stereocenters. The number of ketones is 6. The summed E-state index contributed by atoms with van der Waals surface area (Å²) < 4.78 is 0. The molecule has 15 heteroatoms. The van der Waals surface area contributed by atoms with Gasteiger partial charge in [0.15, 0.2) is 34.7 Å². The number of benzene rings is 6. The van der Waals surface area contributed by atoms with Gasteiger partial charge in [-0.25, -0.2) is 0 Å². The third kappa shape index (κ3) is 22.9. The van der Waals surface area contributed by atoms with Crippen LogP contribution in [0.4, 0.5) is 0 Å². The van der Waals surface area contributed by atoms with Crippen LogP contribution in [0.15, 0.2) is 146 Å². The first-order valence-electron chi connectivity index (χ1n) is 17.9. The molecule has 0 fully saturated rings. The van der Waals surface area contributed by atoms with E-state index >= 15 is 0 Å². The van der Waals surface area contributed by atoms with Crippen LogP contribution in [-0.2, 0) is 51.2 Å². The summed E-state index contributed by atoms with van der Waals surface area (Å²) in [6, 6.07) is 37.3. The number of hydrogen-bond donors (Lipinski definition) is 0. The molecule has 0 bridgehead atoms. The summed E-state index contributed by atoms with van der Waals surface area (Å²) in [5, 5.41) is 65.0. The Bertz CT molecular complexity index is 1970. The third-order valence-electron chi connectivity index (χ3n) is 7.60. The van der Waals surface area contributed by atoms with Crippen LogP contribution in [0.1, 0.15) is 104 Å². The Hall–Kier alpha value is -6.30. The van der Waals surface area contributed by atoms with Gasteiger partial charge in [-0.3, -0.25) is 28.8 Å². The van der Waals surface area contributed by atoms with Gasteiger partial charge in [-0.15, -0.1) is 0 Å². The fraction of sp³-hybridized carbons (Fsp3) is 0.125. The maximum atomic E-state index is 10.8. The number of hydrogen-bond acceptors (Lipinski definition) is 12. The van der Waals surface area contributed by atoms with E-state index in [0.29, 0.717) is 0 Å². The quantitative estimate of drug-likeness (QED) is 0.143. The minimum atomic E-state index is -0.199. The largest absolute Gasteiger partial charge is 2.00 e. The molecular weight excluding hydrogens is 959 g/mol. The van der Waals surface area contributed by atoms with Crippen molar-refractivity contribution in [1.29, 1.82) is 0 Å². The van der Waals surface area contributed by atoms with Gasteiger partial charge < -0.3 is 30.6 Å². The second kappa shape index (κ2) is 32.4. The predicted molar refractivity (Wildman–Crippen MR) is 215 cm³/mol. The molecule has 6 aromatic rings. The third-order valence-corrected chi connectivity index (χ3v) is 7.60. The van der Waals surface area contributed by atoms with E-state index in [1.54, 1.807) is 72.8 Å². The molecule has 63 heavy (non-hydrogen) atoms. The first-order valence-corrected chi connectivity index (χ1v) is 17.9. The number of para-hydroxylation sites is 6. The molecular formula is C48H42Cu3O12. The Kier molecular flexibility index (Phi) is 31.4. The topological polar surface area (TPSA) is 241 Å². The van der Waals surface area contributed by atoms with Crippen LogP contribution in [0.5, 0.6) is 34.5 Å². The van der Waals surface area contributed by atoms with Crippen molar-refractivity contribution in [3.63, 3.8) is 0 Å². The second-order valence-electron chi connectivity index (χ2n) is 12.3. The van der Waals surface area contributed by atoms with Gasteiger partial charge in [0.05, 0.1) is 0 Å². The van der Waals surface area contributed by atoms with E-state index in [4.69, 9.17) is 0 Å². The van der Waals surface area contributed by atoms with Gasteiger partial charge in [0.1, 0.15) is 0 Å².